The molecule has 0 unspecified atom stereocenters. The summed E-state index contributed by atoms with van der Waals surface area (Å²) in [6.45, 7) is 2.39. The van der Waals surface area contributed by atoms with Crippen LogP contribution in [0.3, 0.4) is 0 Å². The van der Waals surface area contributed by atoms with E-state index in [4.69, 9.17) is 0 Å². The monoisotopic (exact) mass is 347 g/mol. The molecule has 0 heterocycles. The number of sulfonamides is 1. The van der Waals surface area contributed by atoms with Gasteiger partial charge >= 0.3 is 5.97 Å². The highest BCUT2D eigenvalue weighted by Gasteiger charge is 2.25. The quantitative estimate of drug-likeness (QED) is 0.720. The van der Waals surface area contributed by atoms with Crippen LogP contribution in [0.1, 0.15) is 30.1 Å². The molecular formula is C18H21NO4S. The summed E-state index contributed by atoms with van der Waals surface area (Å²) in [4.78, 5) is 11.7. The maximum Gasteiger partial charge on any atom is 0.337 e. The SMILES string of the molecule is CCCCN(c1ccccc1)S(=O)(=O)c1cccc(C(=O)OC)c1. The third kappa shape index (κ3) is 3.94. The molecule has 128 valence electrons. The van der Waals surface area contributed by atoms with Gasteiger partial charge in [0.2, 0.25) is 0 Å². The molecule has 0 aliphatic rings. The van der Waals surface area contributed by atoms with Gasteiger partial charge in [-0.25, -0.2) is 13.2 Å². The summed E-state index contributed by atoms with van der Waals surface area (Å²) >= 11 is 0. The topological polar surface area (TPSA) is 63.7 Å². The molecule has 2 aromatic rings. The van der Waals surface area contributed by atoms with Crippen LogP contribution >= 0.6 is 0 Å². The number of hydrogen-bond donors (Lipinski definition) is 0. The Hall–Kier alpha value is -2.34. The second-order valence-corrected chi connectivity index (χ2v) is 7.15. The van der Waals surface area contributed by atoms with Gasteiger partial charge in [-0.2, -0.15) is 0 Å². The Bertz CT molecular complexity index is 788. The Morgan fingerprint density at radius 2 is 1.79 bits per heavy atom. The standard InChI is InChI=1S/C18H21NO4S/c1-3-4-13-19(16-10-6-5-7-11-16)24(21,22)17-12-8-9-15(14-17)18(20)23-2/h5-12,14H,3-4,13H2,1-2H3. The first-order valence-electron chi connectivity index (χ1n) is 7.77. The number of ether oxygens (including phenoxy) is 1. The third-order valence-electron chi connectivity index (χ3n) is 3.60. The smallest absolute Gasteiger partial charge is 0.337 e. The van der Waals surface area contributed by atoms with E-state index in [2.05, 4.69) is 4.74 Å². The molecule has 2 rings (SSSR count). The van der Waals surface area contributed by atoms with Crippen LogP contribution in [-0.2, 0) is 14.8 Å². The van der Waals surface area contributed by atoms with E-state index in [-0.39, 0.29) is 10.5 Å². The fourth-order valence-corrected chi connectivity index (χ4v) is 3.86. The molecule has 0 bridgehead atoms. The van der Waals surface area contributed by atoms with Crippen molar-refractivity contribution < 1.29 is 17.9 Å². The Labute approximate surface area is 142 Å². The zero-order valence-electron chi connectivity index (χ0n) is 13.8. The number of carbonyl (C=O) groups excluding carboxylic acids is 1. The van der Waals surface area contributed by atoms with Gasteiger partial charge in [0.15, 0.2) is 0 Å². The number of nitrogens with zero attached hydrogens (tertiary/aromatic N) is 1. The van der Waals surface area contributed by atoms with E-state index in [1.165, 1.54) is 29.6 Å². The lowest BCUT2D eigenvalue weighted by Crippen LogP contribution is -2.32. The number of benzene rings is 2. The van der Waals surface area contributed by atoms with Gasteiger partial charge in [0.25, 0.3) is 10.0 Å². The Morgan fingerprint density at radius 3 is 2.42 bits per heavy atom. The average Bonchev–Trinajstić information content (AvgIpc) is 2.62. The van der Waals surface area contributed by atoms with Crippen molar-refractivity contribution in [3.8, 4) is 0 Å². The van der Waals surface area contributed by atoms with Crippen molar-refractivity contribution in [2.75, 3.05) is 18.0 Å². The number of methoxy groups -OCH3 is 1. The molecule has 0 aromatic heterocycles. The first-order valence-corrected chi connectivity index (χ1v) is 9.21. The molecular weight excluding hydrogens is 326 g/mol. The van der Waals surface area contributed by atoms with Gasteiger partial charge < -0.3 is 4.74 Å². The van der Waals surface area contributed by atoms with E-state index in [9.17, 15) is 13.2 Å². The minimum Gasteiger partial charge on any atom is -0.465 e. The number of hydrogen-bond acceptors (Lipinski definition) is 4. The minimum absolute atomic E-state index is 0.0744. The van der Waals surface area contributed by atoms with Gasteiger partial charge in [0, 0.05) is 6.54 Å². The van der Waals surface area contributed by atoms with Gasteiger partial charge in [-0.3, -0.25) is 4.31 Å². The number of rotatable bonds is 7. The van der Waals surface area contributed by atoms with Crippen molar-refractivity contribution in [2.24, 2.45) is 0 Å². The molecule has 0 saturated carbocycles. The zero-order valence-corrected chi connectivity index (χ0v) is 14.6. The highest BCUT2D eigenvalue weighted by molar-refractivity contribution is 7.92. The van der Waals surface area contributed by atoms with Crippen molar-refractivity contribution in [2.45, 2.75) is 24.7 Å². The fraction of sp³-hybridized carbons (Fsp3) is 0.278. The summed E-state index contributed by atoms with van der Waals surface area (Å²) < 4.78 is 32.2. The lowest BCUT2D eigenvalue weighted by atomic mass is 10.2. The van der Waals surface area contributed by atoms with Gasteiger partial charge in [-0.1, -0.05) is 37.6 Å². The number of carbonyl (C=O) groups is 1. The minimum atomic E-state index is -3.77. The highest BCUT2D eigenvalue weighted by Crippen LogP contribution is 2.24. The number of esters is 1. The average molecular weight is 347 g/mol. The van der Waals surface area contributed by atoms with Crippen LogP contribution in [-0.4, -0.2) is 28.0 Å². The molecule has 24 heavy (non-hydrogen) atoms. The summed E-state index contributed by atoms with van der Waals surface area (Å²) in [7, 11) is -2.50. The summed E-state index contributed by atoms with van der Waals surface area (Å²) in [5.74, 6) is -0.563. The second-order valence-electron chi connectivity index (χ2n) is 5.29. The zero-order chi connectivity index (χ0) is 17.6. The van der Waals surface area contributed by atoms with Crippen LogP contribution in [0.2, 0.25) is 0 Å². The van der Waals surface area contributed by atoms with E-state index >= 15 is 0 Å². The maximum atomic E-state index is 13.1. The Morgan fingerprint density at radius 1 is 1.08 bits per heavy atom. The largest absolute Gasteiger partial charge is 0.465 e. The summed E-state index contributed by atoms with van der Waals surface area (Å²) in [5, 5.41) is 0. The van der Waals surface area contributed by atoms with Gasteiger partial charge in [0.1, 0.15) is 0 Å². The summed E-state index contributed by atoms with van der Waals surface area (Å²) in [6.07, 6.45) is 1.62. The molecule has 0 amide bonds. The van der Waals surface area contributed by atoms with Crippen molar-refractivity contribution >= 4 is 21.7 Å². The van der Waals surface area contributed by atoms with Gasteiger partial charge in [-0.15, -0.1) is 0 Å². The molecule has 0 N–H and O–H groups in total. The summed E-state index contributed by atoms with van der Waals surface area (Å²) in [6, 6.07) is 14.9. The first-order chi connectivity index (χ1) is 11.5. The molecule has 0 saturated heterocycles. The molecule has 5 nitrogen and oxygen atoms in total. The van der Waals surface area contributed by atoms with E-state index in [0.29, 0.717) is 12.2 Å². The highest BCUT2D eigenvalue weighted by atomic mass is 32.2. The Kier molecular flexibility index (Phi) is 5.98. The van der Waals surface area contributed by atoms with E-state index in [1.807, 2.05) is 13.0 Å². The summed E-state index contributed by atoms with van der Waals surface area (Å²) in [5.41, 5.74) is 0.816. The number of anilines is 1. The molecule has 0 fully saturated rings. The maximum absolute atomic E-state index is 13.1. The van der Waals surface area contributed by atoms with E-state index in [0.717, 1.165) is 12.8 Å². The lowest BCUT2D eigenvalue weighted by Gasteiger charge is -2.24. The number of unbranched alkanes of at least 4 members (excludes halogenated alkanes) is 1. The van der Waals surface area contributed by atoms with Crippen LogP contribution in [0.5, 0.6) is 0 Å². The molecule has 6 heteroatoms. The van der Waals surface area contributed by atoms with Crippen LogP contribution < -0.4 is 4.31 Å². The Balaban J connectivity index is 2.46. The second kappa shape index (κ2) is 7.97. The van der Waals surface area contributed by atoms with E-state index < -0.39 is 16.0 Å². The van der Waals surface area contributed by atoms with Crippen LogP contribution in [0.4, 0.5) is 5.69 Å². The van der Waals surface area contributed by atoms with Gasteiger partial charge in [0.05, 0.1) is 23.3 Å². The van der Waals surface area contributed by atoms with E-state index in [1.54, 1.807) is 30.3 Å². The lowest BCUT2D eigenvalue weighted by molar-refractivity contribution is 0.0600. The first kappa shape index (κ1) is 18.0. The van der Waals surface area contributed by atoms with Crippen molar-refractivity contribution in [3.05, 3.63) is 60.2 Å². The molecule has 0 aliphatic heterocycles. The third-order valence-corrected chi connectivity index (χ3v) is 5.43. The fourth-order valence-electron chi connectivity index (χ4n) is 2.31. The molecule has 0 radical (unpaired) electrons. The molecule has 2 aromatic carbocycles. The predicted molar refractivity (Wildman–Crippen MR) is 93.7 cm³/mol. The molecule has 0 spiro atoms. The predicted octanol–water partition coefficient (Wildman–Crippen LogP) is 3.47. The van der Waals surface area contributed by atoms with Crippen molar-refractivity contribution in [1.29, 1.82) is 0 Å². The van der Waals surface area contributed by atoms with Crippen LogP contribution in [0.15, 0.2) is 59.5 Å². The normalized spacial score (nSPS) is 11.1. The molecule has 0 aliphatic carbocycles. The van der Waals surface area contributed by atoms with Crippen LogP contribution in [0.25, 0.3) is 0 Å². The van der Waals surface area contributed by atoms with Crippen molar-refractivity contribution in [3.63, 3.8) is 0 Å². The van der Waals surface area contributed by atoms with Crippen LogP contribution in [0, 0.1) is 0 Å². The van der Waals surface area contributed by atoms with Gasteiger partial charge in [-0.05, 0) is 36.8 Å². The van der Waals surface area contributed by atoms with Crippen molar-refractivity contribution in [1.82, 2.24) is 0 Å². The molecule has 0 atom stereocenters. The number of para-hydroxylation sites is 1.